The van der Waals surface area contributed by atoms with Crippen LogP contribution in [0.15, 0.2) is 0 Å². The van der Waals surface area contributed by atoms with Crippen LogP contribution in [0.2, 0.25) is 0 Å². The van der Waals surface area contributed by atoms with Gasteiger partial charge in [0, 0.05) is 0 Å². The Labute approximate surface area is 44.9 Å². The van der Waals surface area contributed by atoms with Crippen LogP contribution in [0.4, 0.5) is 5.95 Å². The molecule has 0 amide bonds. The van der Waals surface area contributed by atoms with Crippen LogP contribution < -0.4 is 5.73 Å². The average molecular weight is 111 g/mol. The van der Waals surface area contributed by atoms with Crippen molar-refractivity contribution in [1.82, 2.24) is 15.2 Å². The first-order valence-corrected chi connectivity index (χ1v) is 1.89. The van der Waals surface area contributed by atoms with E-state index in [1.165, 1.54) is 6.29 Å². The highest BCUT2D eigenvalue weighted by atomic mass is 16.1. The van der Waals surface area contributed by atoms with Gasteiger partial charge in [-0.15, -0.1) is 5.10 Å². The number of anilines is 1. The SMILES string of the molecule is Nc1n[nH]c([C]=O)n1. The van der Waals surface area contributed by atoms with Crippen LogP contribution in [0.1, 0.15) is 5.82 Å². The Morgan fingerprint density at radius 2 is 2.50 bits per heavy atom. The minimum absolute atomic E-state index is 0.0301. The van der Waals surface area contributed by atoms with Crippen LogP contribution in [0.3, 0.4) is 0 Å². The Hall–Kier alpha value is -1.39. The largest absolute Gasteiger partial charge is 0.366 e. The highest BCUT2D eigenvalue weighted by Crippen LogP contribution is 1.85. The molecule has 0 spiro atoms. The van der Waals surface area contributed by atoms with Gasteiger partial charge in [0.1, 0.15) is 0 Å². The van der Waals surface area contributed by atoms with Crippen LogP contribution in [0.5, 0.6) is 0 Å². The zero-order chi connectivity index (χ0) is 5.98. The van der Waals surface area contributed by atoms with Gasteiger partial charge in [0.25, 0.3) is 6.29 Å². The molecule has 8 heavy (non-hydrogen) atoms. The molecule has 0 aliphatic heterocycles. The van der Waals surface area contributed by atoms with Crippen molar-refractivity contribution in [3.05, 3.63) is 5.82 Å². The second kappa shape index (κ2) is 1.61. The summed E-state index contributed by atoms with van der Waals surface area (Å²) in [5, 5.41) is 5.61. The fraction of sp³-hybridized carbons (Fsp3) is 0. The van der Waals surface area contributed by atoms with Crippen LogP contribution in [0, 0.1) is 0 Å². The van der Waals surface area contributed by atoms with Crippen LogP contribution in [0.25, 0.3) is 0 Å². The summed E-state index contributed by atoms with van der Waals surface area (Å²) in [6.45, 7) is 0. The van der Waals surface area contributed by atoms with E-state index >= 15 is 0 Å². The second-order valence-electron chi connectivity index (χ2n) is 1.14. The lowest BCUT2D eigenvalue weighted by Gasteiger charge is -1.67. The number of nitrogen functional groups attached to an aromatic ring is 1. The standard InChI is InChI=1S/C3H3N4O/c4-3-5-2(1-8)6-7-3/h(H3,4,5,6,7). The molecule has 0 aliphatic carbocycles. The molecule has 0 bridgehead atoms. The van der Waals surface area contributed by atoms with Crippen molar-refractivity contribution in [2.45, 2.75) is 0 Å². The van der Waals surface area contributed by atoms with Gasteiger partial charge in [-0.25, -0.2) is 0 Å². The summed E-state index contributed by atoms with van der Waals surface area (Å²) >= 11 is 0. The molecule has 0 saturated carbocycles. The predicted octanol–water partition coefficient (Wildman–Crippen LogP) is -1.16. The van der Waals surface area contributed by atoms with Gasteiger partial charge in [-0.05, 0) is 0 Å². The molecule has 0 fully saturated rings. The number of nitrogens with zero attached hydrogens (tertiary/aromatic N) is 2. The summed E-state index contributed by atoms with van der Waals surface area (Å²) in [6, 6.07) is 0. The van der Waals surface area contributed by atoms with Crippen molar-refractivity contribution in [3.63, 3.8) is 0 Å². The summed E-state index contributed by atoms with van der Waals surface area (Å²) in [5.41, 5.74) is 5.02. The molecule has 1 heterocycles. The van der Waals surface area contributed by atoms with E-state index < -0.39 is 0 Å². The average Bonchev–Trinajstić information content (AvgIpc) is 2.14. The van der Waals surface area contributed by atoms with Crippen LogP contribution >= 0.6 is 0 Å². The van der Waals surface area contributed by atoms with E-state index in [-0.39, 0.29) is 11.8 Å². The van der Waals surface area contributed by atoms with Crippen molar-refractivity contribution in [1.29, 1.82) is 0 Å². The van der Waals surface area contributed by atoms with E-state index in [1.54, 1.807) is 0 Å². The van der Waals surface area contributed by atoms with Crippen LogP contribution in [-0.2, 0) is 4.79 Å². The molecule has 5 nitrogen and oxygen atoms in total. The number of hydrogen-bond acceptors (Lipinski definition) is 4. The lowest BCUT2D eigenvalue weighted by molar-refractivity contribution is 0.560. The molecule has 1 aromatic rings. The molecule has 0 aliphatic rings. The molecule has 3 N–H and O–H groups in total. The summed E-state index contributed by atoms with van der Waals surface area (Å²) in [7, 11) is 0. The van der Waals surface area contributed by atoms with E-state index in [9.17, 15) is 4.79 Å². The predicted molar refractivity (Wildman–Crippen MR) is 25.6 cm³/mol. The van der Waals surface area contributed by atoms with Crippen molar-refractivity contribution < 1.29 is 4.79 Å². The Kier molecular flexibility index (Phi) is 0.957. The smallest absolute Gasteiger partial charge is 0.273 e. The molecule has 0 atom stereocenters. The fourth-order valence-corrected chi connectivity index (χ4v) is 0.320. The zero-order valence-corrected chi connectivity index (χ0v) is 3.88. The normalized spacial score (nSPS) is 9.00. The molecule has 1 rings (SSSR count). The van der Waals surface area contributed by atoms with Gasteiger partial charge in [-0.2, -0.15) is 4.98 Å². The molecular formula is C3H3N4O. The number of aromatic nitrogens is 3. The number of aromatic amines is 1. The van der Waals surface area contributed by atoms with Crippen molar-refractivity contribution in [2.24, 2.45) is 0 Å². The molecular weight excluding hydrogens is 108 g/mol. The van der Waals surface area contributed by atoms with Crippen LogP contribution in [-0.4, -0.2) is 21.5 Å². The maximum atomic E-state index is 9.71. The second-order valence-corrected chi connectivity index (χ2v) is 1.14. The third-order valence-electron chi connectivity index (χ3n) is 0.599. The summed E-state index contributed by atoms with van der Waals surface area (Å²) in [6.07, 6.45) is 1.49. The molecule has 0 saturated heterocycles. The molecule has 1 radical (unpaired) electrons. The lowest BCUT2D eigenvalue weighted by atomic mass is 10.7. The van der Waals surface area contributed by atoms with Crippen molar-refractivity contribution >= 4 is 12.2 Å². The van der Waals surface area contributed by atoms with Gasteiger partial charge < -0.3 is 5.73 Å². The fourth-order valence-electron chi connectivity index (χ4n) is 0.320. The Morgan fingerprint density at radius 1 is 1.75 bits per heavy atom. The first-order valence-electron chi connectivity index (χ1n) is 1.89. The first-order chi connectivity index (χ1) is 3.83. The minimum Gasteiger partial charge on any atom is -0.366 e. The highest BCUT2D eigenvalue weighted by molar-refractivity contribution is 5.69. The quantitative estimate of drug-likeness (QED) is 0.479. The van der Waals surface area contributed by atoms with E-state index in [0.29, 0.717) is 0 Å². The Balaban J connectivity index is 3.00. The maximum Gasteiger partial charge on any atom is 0.273 e. The Morgan fingerprint density at radius 3 is 2.75 bits per heavy atom. The van der Waals surface area contributed by atoms with E-state index in [1.807, 2.05) is 0 Å². The van der Waals surface area contributed by atoms with E-state index in [2.05, 4.69) is 15.2 Å². The van der Waals surface area contributed by atoms with Gasteiger partial charge in [0.05, 0.1) is 0 Å². The van der Waals surface area contributed by atoms with Gasteiger partial charge in [-0.3, -0.25) is 9.89 Å². The number of H-pyrrole nitrogens is 1. The number of hydrogen-bond donors (Lipinski definition) is 2. The van der Waals surface area contributed by atoms with Gasteiger partial charge in [0.15, 0.2) is 0 Å². The molecule has 0 aromatic carbocycles. The molecule has 5 heteroatoms. The summed E-state index contributed by atoms with van der Waals surface area (Å²) < 4.78 is 0. The lowest BCUT2D eigenvalue weighted by Crippen LogP contribution is -1.86. The van der Waals surface area contributed by atoms with Crippen molar-refractivity contribution in [3.8, 4) is 0 Å². The van der Waals surface area contributed by atoms with Gasteiger partial charge >= 0.3 is 0 Å². The summed E-state index contributed by atoms with van der Waals surface area (Å²) in [4.78, 5) is 13.1. The number of nitrogens with two attached hydrogens (primary N) is 1. The zero-order valence-electron chi connectivity index (χ0n) is 3.88. The highest BCUT2D eigenvalue weighted by Gasteiger charge is 1.94. The maximum absolute atomic E-state index is 9.71. The third kappa shape index (κ3) is 0.651. The van der Waals surface area contributed by atoms with Crippen molar-refractivity contribution in [2.75, 3.05) is 5.73 Å². The summed E-state index contributed by atoms with van der Waals surface area (Å²) in [5.74, 6) is 0.0888. The monoisotopic (exact) mass is 111 g/mol. The number of carbonyl (C=O) groups excluding carboxylic acids is 1. The van der Waals surface area contributed by atoms with Gasteiger partial charge in [0.2, 0.25) is 11.8 Å². The molecule has 0 unspecified atom stereocenters. The topological polar surface area (TPSA) is 84.7 Å². The number of nitrogens with one attached hydrogen (secondary N) is 1. The van der Waals surface area contributed by atoms with E-state index in [4.69, 9.17) is 5.73 Å². The Bertz CT molecular complexity index is 193. The van der Waals surface area contributed by atoms with Gasteiger partial charge in [-0.1, -0.05) is 0 Å². The van der Waals surface area contributed by atoms with E-state index in [0.717, 1.165) is 0 Å². The first kappa shape index (κ1) is 4.76. The molecule has 41 valence electrons. The minimum atomic E-state index is 0.0301. The number of rotatable bonds is 1. The third-order valence-corrected chi connectivity index (χ3v) is 0.599. The molecule has 1 aromatic heterocycles.